The molecule has 1 aromatic heterocycles. The van der Waals surface area contributed by atoms with Crippen LogP contribution in [-0.4, -0.2) is 45.9 Å². The van der Waals surface area contributed by atoms with E-state index in [9.17, 15) is 9.90 Å². The number of aliphatic hydroxyl groups is 1. The maximum atomic E-state index is 12.0. The molecule has 2 heterocycles. The topological polar surface area (TPSA) is 62.7 Å². The van der Waals surface area contributed by atoms with Gasteiger partial charge in [0.05, 0.1) is 12.6 Å². The lowest BCUT2D eigenvalue weighted by Gasteiger charge is -2.24. The van der Waals surface area contributed by atoms with Gasteiger partial charge >= 0.3 is 6.09 Å². The van der Waals surface area contributed by atoms with Crippen molar-refractivity contribution in [1.82, 2.24) is 9.88 Å². The average Bonchev–Trinajstić information content (AvgIpc) is 2.70. The minimum absolute atomic E-state index is 0.0462. The van der Waals surface area contributed by atoms with Crippen molar-refractivity contribution in [2.45, 2.75) is 38.9 Å². The minimum Gasteiger partial charge on any atom is -0.444 e. The number of rotatable bonds is 2. The Balaban J connectivity index is 1.94. The van der Waals surface area contributed by atoms with E-state index < -0.39 is 11.7 Å². The fraction of sp³-hybridized carbons (Fsp3) is 0.600. The lowest BCUT2D eigenvalue weighted by Crippen LogP contribution is -2.35. The Hall–Kier alpha value is -1.62. The molecule has 5 heteroatoms. The number of β-amino-alcohol motifs (C(OH)–C–C–N with tert-alkyl or cyclic N) is 1. The second-order valence-electron chi connectivity index (χ2n) is 6.27. The summed E-state index contributed by atoms with van der Waals surface area (Å²) in [6, 6.07) is 3.87. The predicted molar refractivity (Wildman–Crippen MR) is 75.2 cm³/mol. The van der Waals surface area contributed by atoms with Crippen LogP contribution in [0.3, 0.4) is 0 Å². The molecule has 0 bridgehead atoms. The monoisotopic (exact) mass is 278 g/mol. The molecule has 0 spiro atoms. The number of nitrogens with zero attached hydrogens (tertiary/aromatic N) is 2. The van der Waals surface area contributed by atoms with Crippen LogP contribution >= 0.6 is 0 Å². The third kappa shape index (κ3) is 3.93. The van der Waals surface area contributed by atoms with Crippen molar-refractivity contribution >= 4 is 6.09 Å². The predicted octanol–water partition coefficient (Wildman–Crippen LogP) is 1.85. The van der Waals surface area contributed by atoms with Crippen LogP contribution in [0.25, 0.3) is 0 Å². The quantitative estimate of drug-likeness (QED) is 0.897. The van der Waals surface area contributed by atoms with E-state index in [0.29, 0.717) is 13.1 Å². The second kappa shape index (κ2) is 5.79. The molecule has 20 heavy (non-hydrogen) atoms. The summed E-state index contributed by atoms with van der Waals surface area (Å²) in [5, 5.41) is 10.1. The van der Waals surface area contributed by atoms with Crippen molar-refractivity contribution < 1.29 is 14.6 Å². The lowest BCUT2D eigenvalue weighted by atomic mass is 9.97. The highest BCUT2D eigenvalue weighted by Gasteiger charge is 2.35. The van der Waals surface area contributed by atoms with Gasteiger partial charge in [-0.25, -0.2) is 4.79 Å². The Morgan fingerprint density at radius 3 is 2.65 bits per heavy atom. The van der Waals surface area contributed by atoms with Gasteiger partial charge in [-0.3, -0.25) is 4.98 Å². The Kier molecular flexibility index (Phi) is 4.28. The van der Waals surface area contributed by atoms with Crippen molar-refractivity contribution in [3.8, 4) is 0 Å². The largest absolute Gasteiger partial charge is 0.444 e. The fourth-order valence-corrected chi connectivity index (χ4v) is 2.35. The smallest absolute Gasteiger partial charge is 0.410 e. The minimum atomic E-state index is -0.509. The molecule has 110 valence electrons. The lowest BCUT2D eigenvalue weighted by molar-refractivity contribution is 0.0269. The van der Waals surface area contributed by atoms with Crippen molar-refractivity contribution in [2.75, 3.05) is 13.1 Å². The number of pyridine rings is 1. The second-order valence-corrected chi connectivity index (χ2v) is 6.27. The zero-order valence-electron chi connectivity index (χ0n) is 12.2. The summed E-state index contributed by atoms with van der Waals surface area (Å²) in [6.45, 7) is 6.38. The Morgan fingerprint density at radius 1 is 1.40 bits per heavy atom. The number of amides is 1. The third-order valence-corrected chi connectivity index (χ3v) is 3.31. The van der Waals surface area contributed by atoms with Crippen molar-refractivity contribution in [3.05, 3.63) is 30.1 Å². The van der Waals surface area contributed by atoms with Gasteiger partial charge in [0.25, 0.3) is 0 Å². The molecule has 5 nitrogen and oxygen atoms in total. The number of aliphatic hydroxyl groups excluding tert-OH is 1. The van der Waals surface area contributed by atoms with Gasteiger partial charge in [0, 0.05) is 24.9 Å². The summed E-state index contributed by atoms with van der Waals surface area (Å²) >= 11 is 0. The molecule has 1 aliphatic rings. The molecule has 1 aliphatic heterocycles. The molecule has 1 amide bonds. The maximum Gasteiger partial charge on any atom is 0.410 e. The molecule has 2 atom stereocenters. The molecule has 1 N–H and O–H groups in total. The van der Waals surface area contributed by atoms with E-state index in [2.05, 4.69) is 4.98 Å². The number of aromatic nitrogens is 1. The van der Waals surface area contributed by atoms with Crippen molar-refractivity contribution in [3.63, 3.8) is 0 Å². The normalized spacial score (nSPS) is 22.9. The van der Waals surface area contributed by atoms with Gasteiger partial charge in [-0.15, -0.1) is 0 Å². The van der Waals surface area contributed by atoms with Gasteiger partial charge in [0.1, 0.15) is 5.60 Å². The van der Waals surface area contributed by atoms with E-state index in [0.717, 1.165) is 12.0 Å². The highest BCUT2D eigenvalue weighted by molar-refractivity contribution is 5.68. The van der Waals surface area contributed by atoms with E-state index >= 15 is 0 Å². The zero-order chi connectivity index (χ0) is 14.8. The van der Waals surface area contributed by atoms with Crippen LogP contribution in [0.2, 0.25) is 0 Å². The van der Waals surface area contributed by atoms with E-state index in [1.807, 2.05) is 32.9 Å². The number of hydrogen-bond donors (Lipinski definition) is 1. The van der Waals surface area contributed by atoms with Gasteiger partial charge in [-0.05, 0) is 44.9 Å². The van der Waals surface area contributed by atoms with E-state index in [1.54, 1.807) is 17.3 Å². The first-order valence-electron chi connectivity index (χ1n) is 6.90. The first kappa shape index (κ1) is 14.8. The summed E-state index contributed by atoms with van der Waals surface area (Å²) in [5.74, 6) is 0.0462. The Labute approximate surface area is 119 Å². The van der Waals surface area contributed by atoms with Gasteiger partial charge < -0.3 is 14.7 Å². The number of ether oxygens (including phenoxy) is 1. The molecule has 1 fully saturated rings. The van der Waals surface area contributed by atoms with E-state index in [4.69, 9.17) is 4.74 Å². The van der Waals surface area contributed by atoms with Gasteiger partial charge in [-0.2, -0.15) is 0 Å². The average molecular weight is 278 g/mol. The van der Waals surface area contributed by atoms with Crippen LogP contribution in [0.5, 0.6) is 0 Å². The van der Waals surface area contributed by atoms with Gasteiger partial charge in [0.2, 0.25) is 0 Å². The Morgan fingerprint density at radius 2 is 2.05 bits per heavy atom. The molecule has 1 aromatic rings. The van der Waals surface area contributed by atoms with Gasteiger partial charge in [0.15, 0.2) is 0 Å². The van der Waals surface area contributed by atoms with E-state index in [-0.39, 0.29) is 12.0 Å². The highest BCUT2D eigenvalue weighted by atomic mass is 16.6. The van der Waals surface area contributed by atoms with Crippen LogP contribution in [0.15, 0.2) is 24.5 Å². The van der Waals surface area contributed by atoms with Crippen LogP contribution in [0.1, 0.15) is 26.3 Å². The summed E-state index contributed by atoms with van der Waals surface area (Å²) in [7, 11) is 0. The third-order valence-electron chi connectivity index (χ3n) is 3.31. The molecule has 0 unspecified atom stereocenters. The first-order valence-corrected chi connectivity index (χ1v) is 6.90. The summed E-state index contributed by atoms with van der Waals surface area (Å²) in [4.78, 5) is 17.5. The Bertz CT molecular complexity index is 456. The standard InChI is InChI=1S/C15H22N2O3/c1-15(2,3)20-14(19)17-9-12(13(18)10-17)8-11-4-6-16-7-5-11/h4-7,12-13,18H,8-10H2,1-3H3/t12-,13-/m1/s1. The molecule has 2 rings (SSSR count). The number of likely N-dealkylation sites (tertiary alicyclic amines) is 1. The molecule has 0 saturated carbocycles. The first-order chi connectivity index (χ1) is 9.35. The zero-order valence-corrected chi connectivity index (χ0v) is 12.2. The van der Waals surface area contributed by atoms with Gasteiger partial charge in [-0.1, -0.05) is 0 Å². The highest BCUT2D eigenvalue weighted by Crippen LogP contribution is 2.23. The number of hydrogen-bond acceptors (Lipinski definition) is 4. The van der Waals surface area contributed by atoms with Crippen LogP contribution < -0.4 is 0 Å². The molecule has 1 saturated heterocycles. The summed E-state index contributed by atoms with van der Waals surface area (Å²) < 4.78 is 5.33. The molecule has 0 aliphatic carbocycles. The van der Waals surface area contributed by atoms with E-state index in [1.165, 1.54) is 0 Å². The van der Waals surface area contributed by atoms with Crippen molar-refractivity contribution in [1.29, 1.82) is 0 Å². The summed E-state index contributed by atoms with van der Waals surface area (Å²) in [5.41, 5.74) is 0.612. The SMILES string of the molecule is CC(C)(C)OC(=O)N1C[C@@H](Cc2ccncc2)[C@H](O)C1. The molecule has 0 aromatic carbocycles. The maximum absolute atomic E-state index is 12.0. The number of carbonyl (C=O) groups excluding carboxylic acids is 1. The molecule has 0 radical (unpaired) electrons. The summed E-state index contributed by atoms with van der Waals surface area (Å²) in [6.07, 6.45) is 3.36. The van der Waals surface area contributed by atoms with Crippen LogP contribution in [-0.2, 0) is 11.2 Å². The number of carbonyl (C=O) groups is 1. The van der Waals surface area contributed by atoms with Crippen LogP contribution in [0.4, 0.5) is 4.79 Å². The molecular formula is C15H22N2O3. The fourth-order valence-electron chi connectivity index (χ4n) is 2.35. The van der Waals surface area contributed by atoms with Crippen molar-refractivity contribution in [2.24, 2.45) is 5.92 Å². The van der Waals surface area contributed by atoms with Crippen LogP contribution in [0, 0.1) is 5.92 Å². The molecular weight excluding hydrogens is 256 g/mol.